The Morgan fingerprint density at radius 1 is 1.47 bits per heavy atom. The molecule has 0 aromatic heterocycles. The van der Waals surface area contributed by atoms with Gasteiger partial charge in [-0.1, -0.05) is 0 Å². The Kier molecular flexibility index (Phi) is 3.89. The third kappa shape index (κ3) is 2.78. The number of nitrogens with zero attached hydrogens (tertiary/aromatic N) is 1. The van der Waals surface area contributed by atoms with Crippen LogP contribution in [0.5, 0.6) is 0 Å². The van der Waals surface area contributed by atoms with E-state index in [0.717, 1.165) is 13.0 Å². The third-order valence-electron chi connectivity index (χ3n) is 2.89. The van der Waals surface area contributed by atoms with E-state index in [0.29, 0.717) is 6.54 Å². The predicted molar refractivity (Wildman–Crippen MR) is 54.4 cm³/mol. The summed E-state index contributed by atoms with van der Waals surface area (Å²) >= 11 is 0. The lowest BCUT2D eigenvalue weighted by Crippen LogP contribution is -2.36. The minimum absolute atomic E-state index is 0. The van der Waals surface area contributed by atoms with Crippen LogP contribution in [-0.2, 0) is 4.79 Å². The van der Waals surface area contributed by atoms with Crippen LogP contribution in [-0.4, -0.2) is 42.9 Å². The van der Waals surface area contributed by atoms with Crippen LogP contribution in [0.25, 0.3) is 0 Å². The maximum absolute atomic E-state index is 12.8. The van der Waals surface area contributed by atoms with Gasteiger partial charge in [-0.2, -0.15) is 0 Å². The van der Waals surface area contributed by atoms with E-state index in [9.17, 15) is 13.6 Å². The van der Waals surface area contributed by atoms with Crippen LogP contribution in [0.15, 0.2) is 0 Å². The highest BCUT2D eigenvalue weighted by Gasteiger charge is 2.42. The van der Waals surface area contributed by atoms with Gasteiger partial charge in [-0.05, 0) is 13.0 Å². The van der Waals surface area contributed by atoms with Gasteiger partial charge in [0, 0.05) is 19.5 Å². The van der Waals surface area contributed by atoms with Crippen LogP contribution in [0.3, 0.4) is 0 Å². The van der Waals surface area contributed by atoms with Gasteiger partial charge >= 0.3 is 0 Å². The highest BCUT2D eigenvalue weighted by Crippen LogP contribution is 2.28. The molecule has 2 heterocycles. The summed E-state index contributed by atoms with van der Waals surface area (Å²) in [6.45, 7) is 1.28. The maximum atomic E-state index is 12.8. The van der Waals surface area contributed by atoms with E-state index in [1.165, 1.54) is 4.90 Å². The van der Waals surface area contributed by atoms with Crippen molar-refractivity contribution in [1.82, 2.24) is 10.2 Å². The average Bonchev–Trinajstić information content (AvgIpc) is 2.72. The van der Waals surface area contributed by atoms with Gasteiger partial charge in [-0.25, -0.2) is 8.78 Å². The standard InChI is InChI=1S/C9H14F2N2O.ClH/c10-9(11)2-4-13(6-9)8(14)7-1-3-12-5-7;/h7,12H,1-6H2;1H/t7-;/m1./s1. The summed E-state index contributed by atoms with van der Waals surface area (Å²) in [5.74, 6) is -2.85. The van der Waals surface area contributed by atoms with E-state index in [-0.39, 0.29) is 43.7 Å². The van der Waals surface area contributed by atoms with E-state index in [4.69, 9.17) is 0 Å². The molecule has 0 spiro atoms. The molecule has 2 aliphatic heterocycles. The number of nitrogens with one attached hydrogen (secondary N) is 1. The summed E-state index contributed by atoms with van der Waals surface area (Å²) in [4.78, 5) is 13.0. The zero-order chi connectivity index (χ0) is 10.2. The first-order chi connectivity index (χ1) is 6.58. The smallest absolute Gasteiger partial charge is 0.267 e. The largest absolute Gasteiger partial charge is 0.336 e. The van der Waals surface area contributed by atoms with Crippen LogP contribution in [0.4, 0.5) is 8.78 Å². The Bertz CT molecular complexity index is 244. The molecule has 3 nitrogen and oxygen atoms in total. The number of hydrogen-bond acceptors (Lipinski definition) is 2. The molecule has 2 aliphatic rings. The Morgan fingerprint density at radius 2 is 2.20 bits per heavy atom. The molecule has 0 unspecified atom stereocenters. The highest BCUT2D eigenvalue weighted by atomic mass is 35.5. The molecule has 15 heavy (non-hydrogen) atoms. The van der Waals surface area contributed by atoms with Crippen LogP contribution < -0.4 is 5.32 Å². The zero-order valence-electron chi connectivity index (χ0n) is 8.34. The van der Waals surface area contributed by atoms with E-state index >= 15 is 0 Å². The summed E-state index contributed by atoms with van der Waals surface area (Å²) in [5, 5.41) is 3.06. The van der Waals surface area contributed by atoms with E-state index in [2.05, 4.69) is 5.32 Å². The SMILES string of the molecule is Cl.O=C([C@@H]1CCNC1)N1CCC(F)(F)C1. The molecule has 1 atom stereocenters. The molecule has 0 aliphatic carbocycles. The zero-order valence-corrected chi connectivity index (χ0v) is 9.16. The summed E-state index contributed by atoms with van der Waals surface area (Å²) < 4.78 is 25.7. The molecule has 2 rings (SSSR count). The first kappa shape index (κ1) is 12.6. The van der Waals surface area contributed by atoms with Gasteiger partial charge in [-0.3, -0.25) is 4.79 Å². The molecule has 6 heteroatoms. The predicted octanol–water partition coefficient (Wildman–Crippen LogP) is 0.885. The molecule has 0 saturated carbocycles. The fraction of sp³-hybridized carbons (Fsp3) is 0.889. The number of rotatable bonds is 1. The Balaban J connectivity index is 0.00000112. The van der Waals surface area contributed by atoms with Crippen molar-refractivity contribution in [2.75, 3.05) is 26.2 Å². The molecule has 0 aromatic carbocycles. The molecule has 2 fully saturated rings. The second-order valence-corrected chi connectivity index (χ2v) is 4.06. The Morgan fingerprint density at radius 3 is 2.67 bits per heavy atom. The van der Waals surface area contributed by atoms with Gasteiger partial charge in [0.1, 0.15) is 0 Å². The number of alkyl halides is 2. The van der Waals surface area contributed by atoms with Crippen molar-refractivity contribution >= 4 is 18.3 Å². The van der Waals surface area contributed by atoms with E-state index in [1.54, 1.807) is 0 Å². The number of likely N-dealkylation sites (tertiary alicyclic amines) is 1. The van der Waals surface area contributed by atoms with E-state index < -0.39 is 5.92 Å². The van der Waals surface area contributed by atoms with Crippen molar-refractivity contribution in [2.45, 2.75) is 18.8 Å². The van der Waals surface area contributed by atoms with Crippen LogP contribution in [0, 0.1) is 5.92 Å². The fourth-order valence-corrected chi connectivity index (χ4v) is 2.05. The van der Waals surface area contributed by atoms with Gasteiger partial charge in [0.05, 0.1) is 12.5 Å². The first-order valence-electron chi connectivity index (χ1n) is 4.96. The average molecular weight is 241 g/mol. The molecule has 1 amide bonds. The van der Waals surface area contributed by atoms with Gasteiger partial charge in [0.2, 0.25) is 5.91 Å². The maximum Gasteiger partial charge on any atom is 0.267 e. The highest BCUT2D eigenvalue weighted by molar-refractivity contribution is 5.85. The number of carbonyl (C=O) groups is 1. The van der Waals surface area contributed by atoms with Crippen molar-refractivity contribution in [1.29, 1.82) is 0 Å². The molecule has 1 N–H and O–H groups in total. The monoisotopic (exact) mass is 240 g/mol. The second kappa shape index (κ2) is 4.61. The quantitative estimate of drug-likeness (QED) is 0.738. The number of amides is 1. The second-order valence-electron chi connectivity index (χ2n) is 4.06. The van der Waals surface area contributed by atoms with Gasteiger partial charge in [-0.15, -0.1) is 12.4 Å². The molecule has 0 aromatic rings. The van der Waals surface area contributed by atoms with Crippen molar-refractivity contribution in [3.8, 4) is 0 Å². The lowest BCUT2D eigenvalue weighted by atomic mass is 10.1. The van der Waals surface area contributed by atoms with Gasteiger partial charge in [0.25, 0.3) is 5.92 Å². The molecule has 0 bridgehead atoms. The van der Waals surface area contributed by atoms with Crippen molar-refractivity contribution < 1.29 is 13.6 Å². The van der Waals surface area contributed by atoms with Crippen molar-refractivity contribution in [3.63, 3.8) is 0 Å². The van der Waals surface area contributed by atoms with Crippen LogP contribution in [0.2, 0.25) is 0 Å². The number of hydrogen-bond donors (Lipinski definition) is 1. The molecule has 88 valence electrons. The van der Waals surface area contributed by atoms with Crippen molar-refractivity contribution in [3.05, 3.63) is 0 Å². The summed E-state index contributed by atoms with van der Waals surface area (Å²) in [6.07, 6.45) is 0.597. The summed E-state index contributed by atoms with van der Waals surface area (Å²) in [5.41, 5.74) is 0. The number of carbonyl (C=O) groups excluding carboxylic acids is 1. The van der Waals surface area contributed by atoms with Gasteiger partial charge < -0.3 is 10.2 Å². The van der Waals surface area contributed by atoms with Crippen LogP contribution >= 0.6 is 12.4 Å². The molecule has 0 radical (unpaired) electrons. The third-order valence-corrected chi connectivity index (χ3v) is 2.89. The molecule has 2 saturated heterocycles. The summed E-state index contributed by atoms with van der Waals surface area (Å²) in [7, 11) is 0. The Labute approximate surface area is 93.6 Å². The van der Waals surface area contributed by atoms with Crippen LogP contribution in [0.1, 0.15) is 12.8 Å². The lowest BCUT2D eigenvalue weighted by molar-refractivity contribution is -0.135. The lowest BCUT2D eigenvalue weighted by Gasteiger charge is -2.19. The van der Waals surface area contributed by atoms with Gasteiger partial charge in [0.15, 0.2) is 0 Å². The minimum atomic E-state index is -2.66. The molecular formula is C9H15ClF2N2O. The van der Waals surface area contributed by atoms with Crippen molar-refractivity contribution in [2.24, 2.45) is 5.92 Å². The normalized spacial score (nSPS) is 28.9. The topological polar surface area (TPSA) is 32.3 Å². The Hall–Kier alpha value is -0.420. The first-order valence-corrected chi connectivity index (χ1v) is 4.96. The minimum Gasteiger partial charge on any atom is -0.336 e. The molecular weight excluding hydrogens is 226 g/mol. The fourth-order valence-electron chi connectivity index (χ4n) is 2.05. The summed E-state index contributed by atoms with van der Waals surface area (Å²) in [6, 6.07) is 0. The van der Waals surface area contributed by atoms with E-state index in [1.807, 2.05) is 0 Å². The number of halogens is 3.